The monoisotopic (exact) mass is 586 g/mol. The second-order valence-electron chi connectivity index (χ2n) is 12.9. The van der Waals surface area contributed by atoms with E-state index in [2.05, 4.69) is 163 Å². The lowest BCUT2D eigenvalue weighted by molar-refractivity contribution is 0.662. The summed E-state index contributed by atoms with van der Waals surface area (Å²) >= 11 is 0. The quantitative estimate of drug-likeness (QED) is 0.187. The van der Waals surface area contributed by atoms with Crippen LogP contribution in [-0.4, -0.2) is 0 Å². The minimum Gasteiger partial charge on any atom is -0.310 e. The Labute approximate surface area is 268 Å². The fraction of sp³-hybridized carbons (Fsp3) is 0.0682. The SMILES string of the molecule is [C-]#[N+]c1cc2c(c3ccccc13)-c1cc3ccc(N(c4ccc5ccccc5c4)c4ccc5ccccc5c4)cc3cc1C2(C)C. The third kappa shape index (κ3) is 3.89. The number of rotatable bonds is 3. The lowest BCUT2D eigenvalue weighted by atomic mass is 9.81. The van der Waals surface area contributed by atoms with E-state index in [4.69, 9.17) is 6.57 Å². The largest absolute Gasteiger partial charge is 0.310 e. The Morgan fingerprint density at radius 2 is 0.978 bits per heavy atom. The second-order valence-corrected chi connectivity index (χ2v) is 12.9. The molecule has 0 atom stereocenters. The van der Waals surface area contributed by atoms with Crippen molar-refractivity contribution in [2.75, 3.05) is 4.90 Å². The highest BCUT2D eigenvalue weighted by molar-refractivity contribution is 6.10. The molecule has 0 heterocycles. The number of hydrogen-bond acceptors (Lipinski definition) is 1. The zero-order valence-electron chi connectivity index (χ0n) is 25.8. The summed E-state index contributed by atoms with van der Waals surface area (Å²) in [6.07, 6.45) is 0. The third-order valence-corrected chi connectivity index (χ3v) is 9.96. The van der Waals surface area contributed by atoms with Gasteiger partial charge in [0.1, 0.15) is 0 Å². The van der Waals surface area contributed by atoms with Gasteiger partial charge in [0, 0.05) is 22.5 Å². The van der Waals surface area contributed by atoms with Crippen LogP contribution in [0.2, 0.25) is 0 Å². The summed E-state index contributed by atoms with van der Waals surface area (Å²) in [4.78, 5) is 6.31. The molecule has 8 aromatic rings. The van der Waals surface area contributed by atoms with E-state index in [9.17, 15) is 0 Å². The third-order valence-electron chi connectivity index (χ3n) is 9.96. The Balaban J connectivity index is 1.26. The van der Waals surface area contributed by atoms with E-state index < -0.39 is 0 Å². The standard InChI is InChI=1S/C44H30N2/c1-44(2)40-26-33-24-36(21-18-32(33)25-39(40)43-38-15-9-8-14-37(38)42(45-3)27-41(43)44)46(34-19-16-28-10-4-6-12-30(28)22-34)35-20-17-29-11-5-7-13-31(29)23-35/h4-27H,1-2H3. The van der Waals surface area contributed by atoms with Gasteiger partial charge < -0.3 is 4.90 Å². The fourth-order valence-electron chi connectivity index (χ4n) is 7.60. The highest BCUT2D eigenvalue weighted by Crippen LogP contribution is 2.54. The van der Waals surface area contributed by atoms with E-state index in [1.54, 1.807) is 0 Å². The molecule has 0 spiro atoms. The van der Waals surface area contributed by atoms with Crippen LogP contribution in [0.25, 0.3) is 59.1 Å². The van der Waals surface area contributed by atoms with Crippen LogP contribution in [0, 0.1) is 6.57 Å². The molecule has 216 valence electrons. The van der Waals surface area contributed by atoms with E-state index in [0.717, 1.165) is 33.5 Å². The maximum Gasteiger partial charge on any atom is 0.195 e. The van der Waals surface area contributed by atoms with Gasteiger partial charge in [0.15, 0.2) is 5.69 Å². The summed E-state index contributed by atoms with van der Waals surface area (Å²) < 4.78 is 0. The first-order chi connectivity index (χ1) is 22.5. The van der Waals surface area contributed by atoms with Crippen molar-refractivity contribution < 1.29 is 0 Å². The zero-order chi connectivity index (χ0) is 31.0. The first-order valence-electron chi connectivity index (χ1n) is 15.8. The predicted molar refractivity (Wildman–Crippen MR) is 195 cm³/mol. The average molecular weight is 587 g/mol. The van der Waals surface area contributed by atoms with Crippen LogP contribution in [-0.2, 0) is 5.41 Å². The van der Waals surface area contributed by atoms with Crippen molar-refractivity contribution in [3.8, 4) is 11.1 Å². The number of fused-ring (bicyclic) bond motifs is 8. The summed E-state index contributed by atoms with van der Waals surface area (Å²) in [6, 6.07) is 52.7. The van der Waals surface area contributed by atoms with Gasteiger partial charge in [0.05, 0.1) is 6.57 Å². The van der Waals surface area contributed by atoms with Crippen LogP contribution in [0.15, 0.2) is 146 Å². The first kappa shape index (κ1) is 26.5. The molecule has 1 aliphatic carbocycles. The van der Waals surface area contributed by atoms with E-state index in [1.165, 1.54) is 54.6 Å². The molecule has 0 saturated heterocycles. The fourth-order valence-corrected chi connectivity index (χ4v) is 7.60. The molecular weight excluding hydrogens is 556 g/mol. The minimum atomic E-state index is -0.227. The Hall–Kier alpha value is -5.91. The molecule has 9 rings (SSSR count). The van der Waals surface area contributed by atoms with Crippen LogP contribution in [0.5, 0.6) is 0 Å². The number of nitrogens with zero attached hydrogens (tertiary/aromatic N) is 2. The van der Waals surface area contributed by atoms with E-state index in [1.807, 2.05) is 6.07 Å². The van der Waals surface area contributed by atoms with E-state index in [-0.39, 0.29) is 5.41 Å². The Morgan fingerprint density at radius 3 is 1.59 bits per heavy atom. The van der Waals surface area contributed by atoms with Gasteiger partial charge in [-0.1, -0.05) is 111 Å². The summed E-state index contributed by atoms with van der Waals surface area (Å²) in [6.45, 7) is 12.5. The van der Waals surface area contributed by atoms with Gasteiger partial charge in [-0.3, -0.25) is 0 Å². The zero-order valence-corrected chi connectivity index (χ0v) is 25.8. The van der Waals surface area contributed by atoms with E-state index in [0.29, 0.717) is 0 Å². The molecule has 0 amide bonds. The van der Waals surface area contributed by atoms with Gasteiger partial charge in [-0.2, -0.15) is 0 Å². The van der Waals surface area contributed by atoms with E-state index >= 15 is 0 Å². The molecule has 2 heteroatoms. The van der Waals surface area contributed by atoms with Gasteiger partial charge in [0.25, 0.3) is 0 Å². The normalized spacial score (nSPS) is 13.2. The topological polar surface area (TPSA) is 7.60 Å². The molecule has 2 nitrogen and oxygen atoms in total. The highest BCUT2D eigenvalue weighted by atomic mass is 15.1. The number of anilines is 3. The molecule has 0 radical (unpaired) electrons. The van der Waals surface area contributed by atoms with Crippen molar-refractivity contribution in [2.24, 2.45) is 0 Å². The molecule has 0 N–H and O–H groups in total. The highest BCUT2D eigenvalue weighted by Gasteiger charge is 2.37. The molecule has 0 saturated carbocycles. The summed E-state index contributed by atoms with van der Waals surface area (Å²) in [7, 11) is 0. The minimum absolute atomic E-state index is 0.227. The average Bonchev–Trinajstić information content (AvgIpc) is 3.32. The van der Waals surface area contributed by atoms with Gasteiger partial charge >= 0.3 is 0 Å². The van der Waals surface area contributed by atoms with Crippen molar-refractivity contribution in [3.63, 3.8) is 0 Å². The molecular formula is C44H30N2. The summed E-state index contributed by atoms with van der Waals surface area (Å²) in [5, 5.41) is 9.50. The first-order valence-corrected chi connectivity index (χ1v) is 15.8. The van der Waals surface area contributed by atoms with Crippen molar-refractivity contribution in [1.82, 2.24) is 0 Å². The molecule has 0 aliphatic heterocycles. The molecule has 0 unspecified atom stereocenters. The Morgan fingerprint density at radius 1 is 0.478 bits per heavy atom. The van der Waals surface area contributed by atoms with Crippen LogP contribution >= 0.6 is 0 Å². The molecule has 46 heavy (non-hydrogen) atoms. The van der Waals surface area contributed by atoms with Crippen LogP contribution in [0.4, 0.5) is 22.7 Å². The maximum atomic E-state index is 7.91. The van der Waals surface area contributed by atoms with Crippen molar-refractivity contribution in [1.29, 1.82) is 0 Å². The Bertz CT molecular complexity index is 2500. The lowest BCUT2D eigenvalue weighted by Gasteiger charge is -2.27. The van der Waals surface area contributed by atoms with Gasteiger partial charge in [-0.05, 0) is 114 Å². The van der Waals surface area contributed by atoms with Crippen LogP contribution < -0.4 is 4.90 Å². The molecule has 0 aromatic heterocycles. The molecule has 0 bridgehead atoms. The smallest absolute Gasteiger partial charge is 0.195 e. The van der Waals surface area contributed by atoms with Gasteiger partial charge in [-0.15, -0.1) is 0 Å². The maximum absolute atomic E-state index is 7.91. The van der Waals surface area contributed by atoms with Crippen LogP contribution in [0.1, 0.15) is 25.0 Å². The van der Waals surface area contributed by atoms with Gasteiger partial charge in [-0.25, -0.2) is 4.85 Å². The summed E-state index contributed by atoms with van der Waals surface area (Å²) in [5.41, 5.74) is 8.95. The molecule has 0 fully saturated rings. The molecule has 1 aliphatic rings. The lowest BCUT2D eigenvalue weighted by Crippen LogP contribution is -2.15. The van der Waals surface area contributed by atoms with Crippen molar-refractivity contribution in [2.45, 2.75) is 19.3 Å². The van der Waals surface area contributed by atoms with Crippen molar-refractivity contribution in [3.05, 3.63) is 168 Å². The second kappa shape index (κ2) is 9.80. The van der Waals surface area contributed by atoms with Gasteiger partial charge in [0.2, 0.25) is 0 Å². The number of hydrogen-bond donors (Lipinski definition) is 0. The Kier molecular flexibility index (Phi) is 5.64. The van der Waals surface area contributed by atoms with Crippen LogP contribution in [0.3, 0.4) is 0 Å². The molecule has 8 aromatic carbocycles. The number of benzene rings is 8. The predicted octanol–water partition coefficient (Wildman–Crippen LogP) is 12.6. The van der Waals surface area contributed by atoms with Crippen molar-refractivity contribution >= 4 is 65.8 Å². The summed E-state index contributed by atoms with van der Waals surface area (Å²) in [5.74, 6) is 0.